The average molecular weight is 247 g/mol. The Morgan fingerprint density at radius 2 is 2.06 bits per heavy atom. The van der Waals surface area contributed by atoms with Gasteiger partial charge in [-0.3, -0.25) is 4.79 Å². The first kappa shape index (κ1) is 12.7. The molecule has 2 rings (SSSR count). The second-order valence-electron chi connectivity index (χ2n) is 5.42. The molecule has 98 valence electrons. The zero-order valence-corrected chi connectivity index (χ0v) is 11.2. The highest BCUT2D eigenvalue weighted by molar-refractivity contribution is 5.95. The van der Waals surface area contributed by atoms with Crippen molar-refractivity contribution in [3.05, 3.63) is 23.8 Å². The SMILES string of the molecule is CC1CC(Nc2cc(C(=O)N(C)C)ccc2N)C1. The van der Waals surface area contributed by atoms with Crippen LogP contribution < -0.4 is 11.1 Å². The van der Waals surface area contributed by atoms with Gasteiger partial charge in [0, 0.05) is 25.7 Å². The molecule has 0 saturated heterocycles. The topological polar surface area (TPSA) is 58.4 Å². The van der Waals surface area contributed by atoms with Crippen LogP contribution in [0.3, 0.4) is 0 Å². The number of nitrogens with two attached hydrogens (primary N) is 1. The van der Waals surface area contributed by atoms with Crippen molar-refractivity contribution >= 4 is 17.3 Å². The largest absolute Gasteiger partial charge is 0.397 e. The Morgan fingerprint density at radius 3 is 2.61 bits per heavy atom. The van der Waals surface area contributed by atoms with Crippen molar-refractivity contribution in [3.8, 4) is 0 Å². The Kier molecular flexibility index (Phi) is 3.45. The van der Waals surface area contributed by atoms with Gasteiger partial charge in [0.2, 0.25) is 0 Å². The van der Waals surface area contributed by atoms with Gasteiger partial charge in [-0.15, -0.1) is 0 Å². The molecule has 4 heteroatoms. The predicted molar refractivity (Wildman–Crippen MR) is 74.7 cm³/mol. The first-order chi connectivity index (χ1) is 8.47. The Morgan fingerprint density at radius 1 is 1.39 bits per heavy atom. The van der Waals surface area contributed by atoms with Crippen LogP contribution in [0, 0.1) is 5.92 Å². The Labute approximate surface area is 108 Å². The van der Waals surface area contributed by atoms with Gasteiger partial charge in [0.15, 0.2) is 0 Å². The number of benzene rings is 1. The number of anilines is 2. The third-order valence-electron chi connectivity index (χ3n) is 3.44. The minimum absolute atomic E-state index is 0.0000255. The molecular formula is C14H21N3O. The van der Waals surface area contributed by atoms with E-state index in [1.807, 2.05) is 6.07 Å². The van der Waals surface area contributed by atoms with Gasteiger partial charge < -0.3 is 16.0 Å². The van der Waals surface area contributed by atoms with Gasteiger partial charge in [-0.2, -0.15) is 0 Å². The molecule has 0 aromatic heterocycles. The number of amides is 1. The van der Waals surface area contributed by atoms with Gasteiger partial charge in [-0.25, -0.2) is 0 Å². The molecule has 0 radical (unpaired) electrons. The Hall–Kier alpha value is -1.71. The highest BCUT2D eigenvalue weighted by Gasteiger charge is 2.25. The summed E-state index contributed by atoms with van der Waals surface area (Å²) in [5.74, 6) is 0.787. The number of nitrogens with one attached hydrogen (secondary N) is 1. The van der Waals surface area contributed by atoms with Crippen molar-refractivity contribution in [2.24, 2.45) is 5.92 Å². The van der Waals surface area contributed by atoms with Crippen molar-refractivity contribution in [1.82, 2.24) is 4.90 Å². The molecule has 1 fully saturated rings. The number of carbonyl (C=O) groups is 1. The van der Waals surface area contributed by atoms with Gasteiger partial charge in [0.25, 0.3) is 5.91 Å². The number of hydrogen-bond donors (Lipinski definition) is 2. The standard InChI is InChI=1S/C14H21N3O/c1-9-6-11(7-9)16-13-8-10(4-5-12(13)15)14(18)17(2)3/h4-5,8-9,11,16H,6-7,15H2,1-3H3. The summed E-state index contributed by atoms with van der Waals surface area (Å²) in [6, 6.07) is 5.90. The van der Waals surface area contributed by atoms with E-state index in [1.54, 1.807) is 31.1 Å². The molecule has 1 amide bonds. The van der Waals surface area contributed by atoms with E-state index in [9.17, 15) is 4.79 Å². The second kappa shape index (κ2) is 4.88. The minimum atomic E-state index is 0.0000255. The zero-order valence-electron chi connectivity index (χ0n) is 11.2. The van der Waals surface area contributed by atoms with Crippen molar-refractivity contribution in [2.75, 3.05) is 25.1 Å². The van der Waals surface area contributed by atoms with E-state index in [0.29, 0.717) is 17.3 Å². The Bertz CT molecular complexity index is 450. The van der Waals surface area contributed by atoms with E-state index in [0.717, 1.165) is 11.6 Å². The number of rotatable bonds is 3. The summed E-state index contributed by atoms with van der Waals surface area (Å²) in [6.07, 6.45) is 2.34. The highest BCUT2D eigenvalue weighted by Crippen LogP contribution is 2.31. The lowest BCUT2D eigenvalue weighted by Crippen LogP contribution is -2.34. The molecule has 1 aromatic rings. The predicted octanol–water partition coefficient (Wildman–Crippen LogP) is 2.18. The number of nitrogens with zero attached hydrogens (tertiary/aromatic N) is 1. The van der Waals surface area contributed by atoms with Gasteiger partial charge in [0.1, 0.15) is 0 Å². The molecule has 4 nitrogen and oxygen atoms in total. The fourth-order valence-corrected chi connectivity index (χ4v) is 2.31. The van der Waals surface area contributed by atoms with Crippen LogP contribution in [-0.2, 0) is 0 Å². The molecular weight excluding hydrogens is 226 g/mol. The molecule has 1 saturated carbocycles. The molecule has 1 aromatic carbocycles. The summed E-state index contributed by atoms with van der Waals surface area (Å²) in [5, 5.41) is 3.42. The van der Waals surface area contributed by atoms with E-state index in [2.05, 4.69) is 12.2 Å². The zero-order chi connectivity index (χ0) is 13.3. The van der Waals surface area contributed by atoms with Crippen molar-refractivity contribution in [2.45, 2.75) is 25.8 Å². The van der Waals surface area contributed by atoms with Crippen LogP contribution in [0.5, 0.6) is 0 Å². The molecule has 1 aliphatic carbocycles. The lowest BCUT2D eigenvalue weighted by molar-refractivity contribution is 0.0827. The monoisotopic (exact) mass is 247 g/mol. The van der Waals surface area contributed by atoms with Crippen LogP contribution in [0.25, 0.3) is 0 Å². The van der Waals surface area contributed by atoms with E-state index in [4.69, 9.17) is 5.73 Å². The molecule has 0 aliphatic heterocycles. The van der Waals surface area contributed by atoms with Crippen molar-refractivity contribution < 1.29 is 4.79 Å². The van der Waals surface area contributed by atoms with Crippen LogP contribution in [0.2, 0.25) is 0 Å². The van der Waals surface area contributed by atoms with E-state index >= 15 is 0 Å². The number of hydrogen-bond acceptors (Lipinski definition) is 3. The maximum Gasteiger partial charge on any atom is 0.253 e. The molecule has 3 N–H and O–H groups in total. The summed E-state index contributed by atoms with van der Waals surface area (Å²) in [4.78, 5) is 13.5. The van der Waals surface area contributed by atoms with Crippen LogP contribution >= 0.6 is 0 Å². The fourth-order valence-electron chi connectivity index (χ4n) is 2.31. The Balaban J connectivity index is 2.14. The fraction of sp³-hybridized carbons (Fsp3) is 0.500. The number of nitrogen functional groups attached to an aromatic ring is 1. The van der Waals surface area contributed by atoms with Crippen LogP contribution in [0.1, 0.15) is 30.1 Å². The highest BCUT2D eigenvalue weighted by atomic mass is 16.2. The second-order valence-corrected chi connectivity index (χ2v) is 5.42. The molecule has 0 unspecified atom stereocenters. The van der Waals surface area contributed by atoms with Gasteiger partial charge in [-0.05, 0) is 37.0 Å². The van der Waals surface area contributed by atoms with Crippen LogP contribution in [0.4, 0.5) is 11.4 Å². The van der Waals surface area contributed by atoms with Gasteiger partial charge >= 0.3 is 0 Å². The van der Waals surface area contributed by atoms with Crippen molar-refractivity contribution in [3.63, 3.8) is 0 Å². The van der Waals surface area contributed by atoms with Crippen LogP contribution in [0.15, 0.2) is 18.2 Å². The maximum absolute atomic E-state index is 11.9. The maximum atomic E-state index is 11.9. The average Bonchev–Trinajstić information content (AvgIpc) is 2.28. The summed E-state index contributed by atoms with van der Waals surface area (Å²) in [7, 11) is 3.50. The molecule has 0 heterocycles. The molecule has 0 spiro atoms. The van der Waals surface area contributed by atoms with E-state index < -0.39 is 0 Å². The molecule has 18 heavy (non-hydrogen) atoms. The lowest BCUT2D eigenvalue weighted by atomic mass is 9.82. The lowest BCUT2D eigenvalue weighted by Gasteiger charge is -2.34. The molecule has 1 aliphatic rings. The number of carbonyl (C=O) groups excluding carboxylic acids is 1. The normalized spacial score (nSPS) is 22.2. The quantitative estimate of drug-likeness (QED) is 0.805. The third kappa shape index (κ3) is 2.58. The third-order valence-corrected chi connectivity index (χ3v) is 3.44. The first-order valence-electron chi connectivity index (χ1n) is 6.35. The molecule has 0 bridgehead atoms. The van der Waals surface area contributed by atoms with E-state index in [1.165, 1.54) is 12.8 Å². The minimum Gasteiger partial charge on any atom is -0.397 e. The summed E-state index contributed by atoms with van der Waals surface area (Å²) in [5.41, 5.74) is 8.18. The van der Waals surface area contributed by atoms with Gasteiger partial charge in [-0.1, -0.05) is 6.92 Å². The summed E-state index contributed by atoms with van der Waals surface area (Å²) in [6.45, 7) is 2.24. The first-order valence-corrected chi connectivity index (χ1v) is 6.35. The smallest absolute Gasteiger partial charge is 0.253 e. The van der Waals surface area contributed by atoms with Gasteiger partial charge in [0.05, 0.1) is 11.4 Å². The van der Waals surface area contributed by atoms with Crippen LogP contribution in [-0.4, -0.2) is 30.9 Å². The summed E-state index contributed by atoms with van der Waals surface area (Å²) < 4.78 is 0. The molecule has 0 atom stereocenters. The van der Waals surface area contributed by atoms with E-state index in [-0.39, 0.29) is 5.91 Å². The summed E-state index contributed by atoms with van der Waals surface area (Å²) >= 11 is 0. The van der Waals surface area contributed by atoms with Crippen molar-refractivity contribution in [1.29, 1.82) is 0 Å².